The fourth-order valence-electron chi connectivity index (χ4n) is 1.80. The Hall–Kier alpha value is -0.910. The summed E-state index contributed by atoms with van der Waals surface area (Å²) in [5.74, 6) is 0.363. The minimum atomic E-state index is -0.775. The highest BCUT2D eigenvalue weighted by Gasteiger charge is 2.17. The number of aliphatic hydroxyl groups excluding tert-OH is 1. The molecule has 94 valence electrons. The number of nitrogens with two attached hydrogens (primary N) is 1. The number of rotatable bonds is 2. The van der Waals surface area contributed by atoms with Gasteiger partial charge in [0.05, 0.1) is 0 Å². The highest BCUT2D eigenvalue weighted by atomic mass is 79.9. The molecule has 2 rings (SSSR count). The Balaban J connectivity index is 2.48. The quantitative estimate of drug-likeness (QED) is 0.848. The summed E-state index contributed by atoms with van der Waals surface area (Å²) >= 11 is 6.82. The van der Waals surface area contributed by atoms with Gasteiger partial charge in [-0.25, -0.2) is 4.98 Å². The van der Waals surface area contributed by atoms with E-state index < -0.39 is 6.10 Å². The predicted molar refractivity (Wildman–Crippen MR) is 79.3 cm³/mol. The Morgan fingerprint density at radius 1 is 1.22 bits per heavy atom. The van der Waals surface area contributed by atoms with Gasteiger partial charge in [0, 0.05) is 20.7 Å². The average Bonchev–Trinajstić information content (AvgIpc) is 2.32. The molecule has 18 heavy (non-hydrogen) atoms. The Morgan fingerprint density at radius 2 is 1.94 bits per heavy atom. The Morgan fingerprint density at radius 3 is 2.56 bits per heavy atom. The largest absolute Gasteiger partial charge is 0.384 e. The zero-order valence-corrected chi connectivity index (χ0v) is 12.9. The number of aryl methyl sites for hydroxylation is 1. The Bertz CT molecular complexity index is 567. The number of aliphatic hydroxyl groups is 1. The molecular formula is C13H12Br2N2O. The van der Waals surface area contributed by atoms with Crippen molar-refractivity contribution in [3.8, 4) is 0 Å². The first kappa shape index (κ1) is 13.5. The molecule has 0 aliphatic rings. The van der Waals surface area contributed by atoms with Crippen LogP contribution < -0.4 is 5.73 Å². The van der Waals surface area contributed by atoms with E-state index in [1.54, 1.807) is 6.20 Å². The number of nitrogen functional groups attached to an aromatic ring is 1. The molecule has 1 unspecified atom stereocenters. The maximum atomic E-state index is 10.4. The van der Waals surface area contributed by atoms with Crippen molar-refractivity contribution in [2.75, 3.05) is 5.73 Å². The lowest BCUT2D eigenvalue weighted by molar-refractivity contribution is 0.220. The summed E-state index contributed by atoms with van der Waals surface area (Å²) in [4.78, 5) is 4.02. The topological polar surface area (TPSA) is 59.1 Å². The summed E-state index contributed by atoms with van der Waals surface area (Å²) in [6, 6.07) is 7.43. The first-order valence-corrected chi connectivity index (χ1v) is 6.93. The van der Waals surface area contributed by atoms with Crippen LogP contribution in [0.5, 0.6) is 0 Å². The molecule has 0 amide bonds. The van der Waals surface area contributed by atoms with Crippen LogP contribution in [0.4, 0.5) is 5.82 Å². The first-order chi connectivity index (χ1) is 8.50. The van der Waals surface area contributed by atoms with Gasteiger partial charge in [-0.1, -0.05) is 6.07 Å². The molecule has 0 saturated heterocycles. The number of halogens is 2. The minimum Gasteiger partial charge on any atom is -0.384 e. The molecule has 0 aliphatic heterocycles. The number of aromatic nitrogens is 1. The standard InChI is InChI=1S/C13H12Br2N2O/c1-7-4-5-17-13(16)11(7)12(18)8-2-3-9(14)10(15)6-8/h2-6,12,18H,1H3,(H2,16,17). The summed E-state index contributed by atoms with van der Waals surface area (Å²) < 4.78 is 1.83. The van der Waals surface area contributed by atoms with Gasteiger partial charge in [0.25, 0.3) is 0 Å². The van der Waals surface area contributed by atoms with Crippen LogP contribution in [0.1, 0.15) is 22.8 Å². The average molecular weight is 372 g/mol. The Labute approximate surface area is 122 Å². The van der Waals surface area contributed by atoms with E-state index in [1.165, 1.54) is 0 Å². The van der Waals surface area contributed by atoms with Crippen LogP contribution in [0, 0.1) is 6.92 Å². The second-order valence-corrected chi connectivity index (χ2v) is 5.71. The van der Waals surface area contributed by atoms with E-state index in [1.807, 2.05) is 31.2 Å². The van der Waals surface area contributed by atoms with Crippen molar-refractivity contribution >= 4 is 37.7 Å². The van der Waals surface area contributed by atoms with Crippen LogP contribution in [0.2, 0.25) is 0 Å². The maximum Gasteiger partial charge on any atom is 0.129 e. The van der Waals surface area contributed by atoms with Crippen LogP contribution in [-0.2, 0) is 0 Å². The van der Waals surface area contributed by atoms with E-state index in [2.05, 4.69) is 36.8 Å². The summed E-state index contributed by atoms with van der Waals surface area (Å²) in [6.07, 6.45) is 0.862. The fourth-order valence-corrected chi connectivity index (χ4v) is 2.44. The van der Waals surface area contributed by atoms with Crippen LogP contribution in [0.15, 0.2) is 39.4 Å². The van der Waals surface area contributed by atoms with Crippen molar-refractivity contribution < 1.29 is 5.11 Å². The number of anilines is 1. The van der Waals surface area contributed by atoms with Crippen molar-refractivity contribution in [2.24, 2.45) is 0 Å². The number of benzene rings is 1. The van der Waals surface area contributed by atoms with Gasteiger partial charge >= 0.3 is 0 Å². The summed E-state index contributed by atoms with van der Waals surface area (Å²) in [7, 11) is 0. The van der Waals surface area contributed by atoms with Gasteiger partial charge < -0.3 is 10.8 Å². The van der Waals surface area contributed by atoms with Crippen molar-refractivity contribution in [2.45, 2.75) is 13.0 Å². The molecule has 0 aliphatic carbocycles. The molecule has 0 saturated carbocycles. The van der Waals surface area contributed by atoms with Crippen molar-refractivity contribution in [3.05, 3.63) is 56.1 Å². The summed E-state index contributed by atoms with van der Waals surface area (Å²) in [5, 5.41) is 10.4. The Kier molecular flexibility index (Phi) is 4.04. The van der Waals surface area contributed by atoms with Crippen molar-refractivity contribution in [1.29, 1.82) is 0 Å². The third-order valence-electron chi connectivity index (χ3n) is 2.77. The van der Waals surface area contributed by atoms with E-state index in [4.69, 9.17) is 5.73 Å². The fraction of sp³-hybridized carbons (Fsp3) is 0.154. The lowest BCUT2D eigenvalue weighted by atomic mass is 9.98. The lowest BCUT2D eigenvalue weighted by Crippen LogP contribution is -2.07. The first-order valence-electron chi connectivity index (χ1n) is 5.34. The molecule has 1 atom stereocenters. The molecule has 2 aromatic rings. The third kappa shape index (κ3) is 2.58. The zero-order chi connectivity index (χ0) is 13.3. The summed E-state index contributed by atoms with van der Waals surface area (Å²) in [6.45, 7) is 1.91. The van der Waals surface area contributed by atoms with Crippen LogP contribution in [-0.4, -0.2) is 10.1 Å². The van der Waals surface area contributed by atoms with E-state index in [-0.39, 0.29) is 0 Å². The van der Waals surface area contributed by atoms with Crippen LogP contribution in [0.25, 0.3) is 0 Å². The molecule has 0 spiro atoms. The number of hydrogen-bond acceptors (Lipinski definition) is 3. The van der Waals surface area contributed by atoms with Gasteiger partial charge in [-0.3, -0.25) is 0 Å². The van der Waals surface area contributed by atoms with Gasteiger partial charge in [0.2, 0.25) is 0 Å². The minimum absolute atomic E-state index is 0.363. The smallest absolute Gasteiger partial charge is 0.129 e. The molecule has 0 radical (unpaired) electrons. The molecule has 3 N–H and O–H groups in total. The number of hydrogen-bond donors (Lipinski definition) is 2. The molecule has 1 aromatic heterocycles. The molecule has 5 heteroatoms. The predicted octanol–water partition coefficient (Wildman–Crippen LogP) is 3.58. The van der Waals surface area contributed by atoms with Gasteiger partial charge in [-0.15, -0.1) is 0 Å². The normalized spacial score (nSPS) is 12.4. The van der Waals surface area contributed by atoms with E-state index >= 15 is 0 Å². The molecule has 0 bridgehead atoms. The van der Waals surface area contributed by atoms with E-state index in [0.29, 0.717) is 11.4 Å². The van der Waals surface area contributed by atoms with Gasteiger partial charge in [-0.2, -0.15) is 0 Å². The zero-order valence-electron chi connectivity index (χ0n) is 9.69. The highest BCUT2D eigenvalue weighted by Crippen LogP contribution is 2.32. The highest BCUT2D eigenvalue weighted by molar-refractivity contribution is 9.13. The van der Waals surface area contributed by atoms with Crippen molar-refractivity contribution in [1.82, 2.24) is 4.98 Å². The number of pyridine rings is 1. The van der Waals surface area contributed by atoms with Gasteiger partial charge in [0.1, 0.15) is 11.9 Å². The second kappa shape index (κ2) is 5.38. The molecular weight excluding hydrogens is 360 g/mol. The summed E-state index contributed by atoms with van der Waals surface area (Å²) in [5.41, 5.74) is 8.19. The van der Waals surface area contributed by atoms with E-state index in [0.717, 1.165) is 20.1 Å². The maximum absolute atomic E-state index is 10.4. The molecule has 0 fully saturated rings. The molecule has 1 heterocycles. The third-order valence-corrected chi connectivity index (χ3v) is 4.65. The monoisotopic (exact) mass is 370 g/mol. The molecule has 3 nitrogen and oxygen atoms in total. The van der Waals surface area contributed by atoms with E-state index in [9.17, 15) is 5.11 Å². The van der Waals surface area contributed by atoms with Gasteiger partial charge in [-0.05, 0) is 68.1 Å². The van der Waals surface area contributed by atoms with Gasteiger partial charge in [0.15, 0.2) is 0 Å². The van der Waals surface area contributed by atoms with Crippen molar-refractivity contribution in [3.63, 3.8) is 0 Å². The van der Waals surface area contributed by atoms with Crippen LogP contribution >= 0.6 is 31.9 Å². The second-order valence-electron chi connectivity index (χ2n) is 4.00. The molecule has 1 aromatic carbocycles. The lowest BCUT2D eigenvalue weighted by Gasteiger charge is -2.16. The van der Waals surface area contributed by atoms with Crippen LogP contribution in [0.3, 0.4) is 0 Å². The number of nitrogens with zero attached hydrogens (tertiary/aromatic N) is 1. The SMILES string of the molecule is Cc1ccnc(N)c1C(O)c1ccc(Br)c(Br)c1.